The van der Waals surface area contributed by atoms with Gasteiger partial charge in [0.2, 0.25) is 0 Å². The van der Waals surface area contributed by atoms with E-state index in [1.807, 2.05) is 0 Å². The number of aliphatic hydroxyl groups is 1. The van der Waals surface area contributed by atoms with Gasteiger partial charge < -0.3 is 10.1 Å². The molecule has 1 aromatic rings. The molecule has 0 aromatic carbocycles. The van der Waals surface area contributed by atoms with Crippen molar-refractivity contribution in [2.45, 2.75) is 5.25 Å². The minimum atomic E-state index is -0.181. The highest BCUT2D eigenvalue weighted by Gasteiger charge is 2.04. The van der Waals surface area contributed by atoms with Crippen LogP contribution in [0.3, 0.4) is 0 Å². The standard InChI is InChI=1S/C5H8N2OS/c8-3-4(9)5-6-1-2-7-5/h1-2,4,8-9H,3H2,(H,6,7). The molecule has 9 heavy (non-hydrogen) atoms. The number of aliphatic hydroxyl groups excluding tert-OH is 1. The summed E-state index contributed by atoms with van der Waals surface area (Å²) in [7, 11) is 0. The topological polar surface area (TPSA) is 48.9 Å². The number of hydrogen-bond acceptors (Lipinski definition) is 3. The number of nitrogens with one attached hydrogen (secondary N) is 1. The third-order valence-electron chi connectivity index (χ3n) is 1.01. The third-order valence-corrected chi connectivity index (χ3v) is 1.42. The van der Waals surface area contributed by atoms with E-state index in [0.717, 1.165) is 0 Å². The molecule has 0 amide bonds. The number of imidazole rings is 1. The molecular weight excluding hydrogens is 136 g/mol. The fourth-order valence-electron chi connectivity index (χ4n) is 0.546. The molecule has 0 saturated heterocycles. The predicted octanol–water partition coefficient (Wildman–Crippen LogP) is 0.373. The average Bonchev–Trinajstić information content (AvgIpc) is 2.37. The second kappa shape index (κ2) is 2.89. The molecule has 50 valence electrons. The Morgan fingerprint density at radius 3 is 3.11 bits per heavy atom. The van der Waals surface area contributed by atoms with Gasteiger partial charge in [-0.3, -0.25) is 0 Å². The summed E-state index contributed by atoms with van der Waals surface area (Å²) in [5.74, 6) is 0.709. The second-order valence-electron chi connectivity index (χ2n) is 1.67. The van der Waals surface area contributed by atoms with Crippen LogP contribution in [0, 0.1) is 0 Å². The Hall–Kier alpha value is -0.480. The first-order valence-electron chi connectivity index (χ1n) is 2.63. The lowest BCUT2D eigenvalue weighted by Gasteiger charge is -1.99. The van der Waals surface area contributed by atoms with Gasteiger partial charge in [0.05, 0.1) is 11.9 Å². The van der Waals surface area contributed by atoms with E-state index in [0.29, 0.717) is 5.82 Å². The van der Waals surface area contributed by atoms with Crippen LogP contribution in [0.15, 0.2) is 12.4 Å². The molecule has 0 aliphatic heterocycles. The highest BCUT2D eigenvalue weighted by atomic mass is 32.1. The lowest BCUT2D eigenvalue weighted by atomic mass is 10.4. The number of rotatable bonds is 2. The molecule has 0 radical (unpaired) electrons. The predicted molar refractivity (Wildman–Crippen MR) is 37.4 cm³/mol. The fraction of sp³-hybridized carbons (Fsp3) is 0.400. The maximum Gasteiger partial charge on any atom is 0.121 e. The Labute approximate surface area is 58.5 Å². The number of nitrogens with zero attached hydrogens (tertiary/aromatic N) is 1. The Balaban J connectivity index is 2.65. The van der Waals surface area contributed by atoms with Crippen LogP contribution in [0.4, 0.5) is 0 Å². The molecule has 3 nitrogen and oxygen atoms in total. The summed E-state index contributed by atoms with van der Waals surface area (Å²) < 4.78 is 0. The second-order valence-corrected chi connectivity index (χ2v) is 2.30. The maximum absolute atomic E-state index is 8.57. The van der Waals surface area contributed by atoms with Crippen molar-refractivity contribution in [1.29, 1.82) is 0 Å². The van der Waals surface area contributed by atoms with Crippen LogP contribution in [-0.2, 0) is 0 Å². The van der Waals surface area contributed by atoms with E-state index in [-0.39, 0.29) is 11.9 Å². The van der Waals surface area contributed by atoms with Crippen LogP contribution in [0.1, 0.15) is 11.1 Å². The van der Waals surface area contributed by atoms with E-state index in [4.69, 9.17) is 5.11 Å². The first-order valence-corrected chi connectivity index (χ1v) is 3.14. The lowest BCUT2D eigenvalue weighted by molar-refractivity contribution is 0.294. The molecule has 0 aliphatic rings. The van der Waals surface area contributed by atoms with Crippen molar-refractivity contribution in [3.8, 4) is 0 Å². The molecule has 2 N–H and O–H groups in total. The molecule has 4 heteroatoms. The van der Waals surface area contributed by atoms with Crippen LogP contribution in [0.2, 0.25) is 0 Å². The van der Waals surface area contributed by atoms with Gasteiger partial charge in [0.1, 0.15) is 5.82 Å². The minimum absolute atomic E-state index is 0.0105. The Kier molecular flexibility index (Phi) is 2.13. The SMILES string of the molecule is OCC(S)c1ncc[nH]1. The van der Waals surface area contributed by atoms with Crippen molar-refractivity contribution >= 4 is 12.6 Å². The van der Waals surface area contributed by atoms with Gasteiger partial charge in [0, 0.05) is 12.4 Å². The van der Waals surface area contributed by atoms with Crippen LogP contribution in [0.25, 0.3) is 0 Å². The van der Waals surface area contributed by atoms with E-state index >= 15 is 0 Å². The van der Waals surface area contributed by atoms with Crippen LogP contribution < -0.4 is 0 Å². The first kappa shape index (κ1) is 6.64. The van der Waals surface area contributed by atoms with E-state index in [1.165, 1.54) is 0 Å². The molecule has 1 unspecified atom stereocenters. The zero-order valence-corrected chi connectivity index (χ0v) is 5.68. The number of aromatic nitrogens is 2. The Bertz CT molecular complexity index is 163. The summed E-state index contributed by atoms with van der Waals surface area (Å²) in [5, 5.41) is 8.39. The van der Waals surface area contributed by atoms with E-state index in [2.05, 4.69) is 22.6 Å². The van der Waals surface area contributed by atoms with Gasteiger partial charge in [-0.15, -0.1) is 0 Å². The monoisotopic (exact) mass is 144 g/mol. The van der Waals surface area contributed by atoms with E-state index in [1.54, 1.807) is 12.4 Å². The van der Waals surface area contributed by atoms with Crippen LogP contribution >= 0.6 is 12.6 Å². The van der Waals surface area contributed by atoms with Gasteiger partial charge in [-0.2, -0.15) is 12.6 Å². The van der Waals surface area contributed by atoms with Crippen molar-refractivity contribution in [2.75, 3.05) is 6.61 Å². The molecule has 1 heterocycles. The average molecular weight is 144 g/mol. The lowest BCUT2D eigenvalue weighted by Crippen LogP contribution is -1.97. The van der Waals surface area contributed by atoms with Crippen molar-refractivity contribution in [3.05, 3.63) is 18.2 Å². The van der Waals surface area contributed by atoms with E-state index in [9.17, 15) is 0 Å². The smallest absolute Gasteiger partial charge is 0.121 e. The van der Waals surface area contributed by atoms with Crippen LogP contribution in [-0.4, -0.2) is 21.7 Å². The quantitative estimate of drug-likeness (QED) is 0.525. The molecule has 0 bridgehead atoms. The van der Waals surface area contributed by atoms with Gasteiger partial charge in [0.25, 0.3) is 0 Å². The molecular formula is C5H8N2OS. The van der Waals surface area contributed by atoms with Crippen molar-refractivity contribution in [1.82, 2.24) is 9.97 Å². The molecule has 0 fully saturated rings. The molecule has 0 spiro atoms. The molecule has 1 rings (SSSR count). The largest absolute Gasteiger partial charge is 0.395 e. The highest BCUT2D eigenvalue weighted by molar-refractivity contribution is 7.80. The number of aromatic amines is 1. The van der Waals surface area contributed by atoms with Gasteiger partial charge >= 0.3 is 0 Å². The molecule has 1 atom stereocenters. The van der Waals surface area contributed by atoms with Crippen molar-refractivity contribution in [2.24, 2.45) is 0 Å². The first-order chi connectivity index (χ1) is 4.34. The third kappa shape index (κ3) is 1.46. The summed E-state index contributed by atoms with van der Waals surface area (Å²) in [6, 6.07) is 0. The van der Waals surface area contributed by atoms with Gasteiger partial charge in [0.15, 0.2) is 0 Å². The summed E-state index contributed by atoms with van der Waals surface area (Å²) in [4.78, 5) is 6.74. The number of thiol groups is 1. The number of H-pyrrole nitrogens is 1. The molecule has 0 saturated carbocycles. The van der Waals surface area contributed by atoms with Crippen molar-refractivity contribution in [3.63, 3.8) is 0 Å². The van der Waals surface area contributed by atoms with Gasteiger partial charge in [-0.05, 0) is 0 Å². The molecule has 0 aliphatic carbocycles. The number of hydrogen-bond donors (Lipinski definition) is 3. The van der Waals surface area contributed by atoms with Crippen LogP contribution in [0.5, 0.6) is 0 Å². The summed E-state index contributed by atoms with van der Waals surface area (Å²) >= 11 is 4.04. The molecule has 1 aromatic heterocycles. The van der Waals surface area contributed by atoms with E-state index < -0.39 is 0 Å². The Morgan fingerprint density at radius 2 is 2.67 bits per heavy atom. The Morgan fingerprint density at radius 1 is 1.89 bits per heavy atom. The van der Waals surface area contributed by atoms with Gasteiger partial charge in [-0.1, -0.05) is 0 Å². The zero-order chi connectivity index (χ0) is 6.69. The fourth-order valence-corrected chi connectivity index (χ4v) is 0.687. The summed E-state index contributed by atoms with van der Waals surface area (Å²) in [6.07, 6.45) is 3.34. The normalized spacial score (nSPS) is 13.6. The highest BCUT2D eigenvalue weighted by Crippen LogP contribution is 2.12. The van der Waals surface area contributed by atoms with Gasteiger partial charge in [-0.25, -0.2) is 4.98 Å². The maximum atomic E-state index is 8.57. The minimum Gasteiger partial charge on any atom is -0.395 e. The zero-order valence-electron chi connectivity index (χ0n) is 4.78. The summed E-state index contributed by atoms with van der Waals surface area (Å²) in [6.45, 7) is 0.0105. The summed E-state index contributed by atoms with van der Waals surface area (Å²) in [5.41, 5.74) is 0. The van der Waals surface area contributed by atoms with Crippen molar-refractivity contribution < 1.29 is 5.11 Å².